The second-order valence-electron chi connectivity index (χ2n) is 6.89. The Kier molecular flexibility index (Phi) is 3.55. The van der Waals surface area contributed by atoms with E-state index in [9.17, 15) is 0 Å². The monoisotopic (exact) mass is 374 g/mol. The van der Waals surface area contributed by atoms with Crippen LogP contribution < -0.4 is 11.5 Å². The summed E-state index contributed by atoms with van der Waals surface area (Å²) in [7, 11) is 0. The third-order valence-electron chi connectivity index (χ3n) is 5.36. The van der Waals surface area contributed by atoms with Crippen molar-refractivity contribution in [3.63, 3.8) is 0 Å². The lowest BCUT2D eigenvalue weighted by Gasteiger charge is -2.08. The Morgan fingerprint density at radius 2 is 1.26 bits per heavy atom. The van der Waals surface area contributed by atoms with Crippen molar-refractivity contribution in [1.29, 1.82) is 0 Å². The summed E-state index contributed by atoms with van der Waals surface area (Å²) in [6, 6.07) is 22.4. The number of amidine groups is 2. The molecule has 0 radical (unpaired) electrons. The Morgan fingerprint density at radius 3 is 1.85 bits per heavy atom. The molecule has 132 valence electrons. The van der Waals surface area contributed by atoms with E-state index in [0.717, 1.165) is 47.3 Å². The molecule has 0 aliphatic carbocycles. The number of nitrogens with two attached hydrogens (primary N) is 2. The molecule has 0 aromatic heterocycles. The smallest absolute Gasteiger partial charge is 0.280 e. The minimum Gasteiger partial charge on any atom is -0.286 e. The first kappa shape index (κ1) is 16.1. The van der Waals surface area contributed by atoms with E-state index in [0.29, 0.717) is 5.02 Å². The normalized spacial score (nSPS) is 15.3. The van der Waals surface area contributed by atoms with Crippen LogP contribution in [0.25, 0.3) is 0 Å². The van der Waals surface area contributed by atoms with Crippen molar-refractivity contribution in [3.8, 4) is 0 Å². The van der Waals surface area contributed by atoms with Gasteiger partial charge in [-0.3, -0.25) is 11.5 Å². The summed E-state index contributed by atoms with van der Waals surface area (Å²) >= 11 is 6.67. The summed E-state index contributed by atoms with van der Waals surface area (Å²) < 4.78 is 4.15. The fourth-order valence-electron chi connectivity index (χ4n) is 3.95. The van der Waals surface area contributed by atoms with Gasteiger partial charge in [0.1, 0.15) is 24.5 Å². The second-order valence-corrected chi connectivity index (χ2v) is 7.30. The van der Waals surface area contributed by atoms with Crippen LogP contribution in [0.5, 0.6) is 0 Å². The molecule has 0 bridgehead atoms. The number of nitrogens with zero attached hydrogens (tertiary/aromatic N) is 2. The Bertz CT molecular complexity index is 1160. The lowest BCUT2D eigenvalue weighted by Crippen LogP contribution is -2.21. The van der Waals surface area contributed by atoms with Gasteiger partial charge in [-0.05, 0) is 24.3 Å². The molecule has 5 rings (SSSR count). The highest BCUT2D eigenvalue weighted by Crippen LogP contribution is 2.34. The molecule has 5 heteroatoms. The maximum Gasteiger partial charge on any atom is 0.280 e. The maximum absolute atomic E-state index is 6.67. The number of benzene rings is 3. The van der Waals surface area contributed by atoms with Gasteiger partial charge in [0, 0.05) is 17.2 Å². The topological polar surface area (TPSA) is 58.1 Å². The summed E-state index contributed by atoms with van der Waals surface area (Å²) in [6.45, 7) is 1.48. The molecule has 0 amide bonds. The number of hydrogen-bond acceptors (Lipinski definition) is 2. The van der Waals surface area contributed by atoms with Crippen molar-refractivity contribution in [1.82, 2.24) is 0 Å². The zero-order chi connectivity index (χ0) is 18.5. The molecule has 0 fully saturated rings. The van der Waals surface area contributed by atoms with Gasteiger partial charge in [-0.15, -0.1) is 0 Å². The van der Waals surface area contributed by atoms with Crippen LogP contribution in [0, 0.1) is 0 Å². The van der Waals surface area contributed by atoms with E-state index in [1.54, 1.807) is 0 Å². The molecule has 27 heavy (non-hydrogen) atoms. The van der Waals surface area contributed by atoms with E-state index < -0.39 is 0 Å². The minimum absolute atomic E-state index is 0.659. The van der Waals surface area contributed by atoms with Crippen molar-refractivity contribution in [3.05, 3.63) is 94.0 Å². The van der Waals surface area contributed by atoms with Gasteiger partial charge in [0.05, 0.1) is 16.1 Å². The summed E-state index contributed by atoms with van der Waals surface area (Å²) in [5, 5.41) is 0.659. The first-order valence-electron chi connectivity index (χ1n) is 8.89. The molecule has 4 nitrogen and oxygen atoms in total. The van der Waals surface area contributed by atoms with Crippen LogP contribution in [-0.4, -0.2) is 20.8 Å². The molecule has 0 atom stereocenters. The van der Waals surface area contributed by atoms with Crippen LogP contribution in [-0.2, 0) is 13.1 Å². The largest absolute Gasteiger partial charge is 0.286 e. The molecule has 0 saturated carbocycles. The van der Waals surface area contributed by atoms with Gasteiger partial charge in [0.15, 0.2) is 0 Å². The Balaban J connectivity index is 1.54. The summed E-state index contributed by atoms with van der Waals surface area (Å²) in [6.07, 6.45) is 0. The maximum atomic E-state index is 6.67. The van der Waals surface area contributed by atoms with Crippen LogP contribution in [0.2, 0.25) is 5.02 Å². The van der Waals surface area contributed by atoms with Crippen LogP contribution >= 0.6 is 11.6 Å². The molecule has 2 aliphatic heterocycles. The van der Waals surface area contributed by atoms with E-state index in [4.69, 9.17) is 23.1 Å². The van der Waals surface area contributed by atoms with Gasteiger partial charge in [-0.1, -0.05) is 48.0 Å². The Labute approximate surface area is 162 Å². The van der Waals surface area contributed by atoms with Crippen LogP contribution in [0.3, 0.4) is 0 Å². The summed E-state index contributed by atoms with van der Waals surface area (Å²) in [5.74, 6) is 1.49. The molecule has 2 aliphatic rings. The Hall–Kier alpha value is -3.11. The predicted molar refractivity (Wildman–Crippen MR) is 108 cm³/mol. The second kappa shape index (κ2) is 5.96. The molecular weight excluding hydrogens is 356 g/mol. The highest BCUT2D eigenvalue weighted by Gasteiger charge is 2.29. The zero-order valence-electron chi connectivity index (χ0n) is 14.7. The quantitative estimate of drug-likeness (QED) is 0.675. The lowest BCUT2D eigenvalue weighted by atomic mass is 10.1. The highest BCUT2D eigenvalue weighted by molar-refractivity contribution is 6.33. The zero-order valence-corrected chi connectivity index (χ0v) is 15.4. The first-order valence-corrected chi connectivity index (χ1v) is 9.27. The van der Waals surface area contributed by atoms with Gasteiger partial charge in [-0.25, -0.2) is 9.15 Å². The number of fused-ring (bicyclic) bond motifs is 2. The van der Waals surface area contributed by atoms with E-state index in [-0.39, 0.29) is 0 Å². The van der Waals surface area contributed by atoms with Crippen molar-refractivity contribution in [2.45, 2.75) is 13.1 Å². The SMILES string of the molecule is NC1=[N+](c2ccc([N+]3=C(N)c4ccccc4C3)c(Cl)c2)Cc2ccccc21. The number of hydrogen-bond donors (Lipinski definition) is 2. The lowest BCUT2D eigenvalue weighted by molar-refractivity contribution is -0.457. The number of rotatable bonds is 2. The van der Waals surface area contributed by atoms with Crippen LogP contribution in [0.1, 0.15) is 22.3 Å². The first-order chi connectivity index (χ1) is 13.1. The third-order valence-corrected chi connectivity index (χ3v) is 5.66. The molecule has 4 N–H and O–H groups in total. The van der Waals surface area contributed by atoms with E-state index in [2.05, 4.69) is 33.4 Å². The fraction of sp³-hybridized carbons (Fsp3) is 0.0909. The van der Waals surface area contributed by atoms with Gasteiger partial charge < -0.3 is 0 Å². The summed E-state index contributed by atoms with van der Waals surface area (Å²) in [5.41, 5.74) is 19.2. The minimum atomic E-state index is 0.659. The molecule has 0 unspecified atom stereocenters. The molecule has 0 saturated heterocycles. The average Bonchev–Trinajstić information content (AvgIpc) is 3.20. The average molecular weight is 375 g/mol. The van der Waals surface area contributed by atoms with Crippen molar-refractivity contribution in [2.75, 3.05) is 0 Å². The van der Waals surface area contributed by atoms with Crippen molar-refractivity contribution < 1.29 is 9.15 Å². The summed E-state index contributed by atoms with van der Waals surface area (Å²) in [4.78, 5) is 0. The van der Waals surface area contributed by atoms with Gasteiger partial charge in [0.25, 0.3) is 11.7 Å². The van der Waals surface area contributed by atoms with Crippen LogP contribution in [0.4, 0.5) is 11.4 Å². The van der Waals surface area contributed by atoms with E-state index in [1.165, 1.54) is 11.1 Å². The van der Waals surface area contributed by atoms with Gasteiger partial charge in [0.2, 0.25) is 0 Å². The molecular formula is C22H19ClN4+2. The van der Waals surface area contributed by atoms with E-state index in [1.807, 2.05) is 42.5 Å². The van der Waals surface area contributed by atoms with Crippen molar-refractivity contribution >= 4 is 34.6 Å². The molecule has 0 spiro atoms. The van der Waals surface area contributed by atoms with Crippen molar-refractivity contribution in [2.24, 2.45) is 11.5 Å². The molecule has 3 aromatic carbocycles. The van der Waals surface area contributed by atoms with Gasteiger partial charge in [-0.2, -0.15) is 0 Å². The number of halogens is 1. The van der Waals surface area contributed by atoms with Crippen LogP contribution in [0.15, 0.2) is 66.7 Å². The molecule has 3 aromatic rings. The predicted octanol–water partition coefficient (Wildman–Crippen LogP) is 3.47. The van der Waals surface area contributed by atoms with Gasteiger partial charge >= 0.3 is 0 Å². The fourth-order valence-corrected chi connectivity index (χ4v) is 4.22. The highest BCUT2D eigenvalue weighted by atomic mass is 35.5. The third kappa shape index (κ3) is 2.45. The van der Waals surface area contributed by atoms with E-state index >= 15 is 0 Å². The Morgan fingerprint density at radius 1 is 0.704 bits per heavy atom. The standard InChI is InChI=1S/C22H17ClN4/c23-19-11-16(26-12-14-5-1-3-7-17(14)21(26)24)9-10-20(19)27-13-15-6-2-4-8-18(15)22(27)25/h1-11,24-25H,12-13H2/p+2. The molecule has 2 heterocycles.